The van der Waals surface area contributed by atoms with Crippen molar-refractivity contribution in [2.24, 2.45) is 5.73 Å². The molecule has 0 radical (unpaired) electrons. The lowest BCUT2D eigenvalue weighted by Gasteiger charge is -2.20. The molecule has 0 aliphatic carbocycles. The van der Waals surface area contributed by atoms with Gasteiger partial charge in [0, 0.05) is 17.9 Å². The van der Waals surface area contributed by atoms with Gasteiger partial charge in [0.1, 0.15) is 0 Å². The average Bonchev–Trinajstić information content (AvgIpc) is 2.63. The van der Waals surface area contributed by atoms with Crippen molar-refractivity contribution < 1.29 is 0 Å². The molecule has 0 spiro atoms. The molecule has 1 aromatic heterocycles. The Balaban J connectivity index is 2.49. The van der Waals surface area contributed by atoms with Crippen molar-refractivity contribution in [1.82, 2.24) is 9.55 Å². The third-order valence-corrected chi connectivity index (χ3v) is 2.55. The van der Waals surface area contributed by atoms with E-state index in [2.05, 4.69) is 4.98 Å². The first-order chi connectivity index (χ1) is 7.97. The quantitative estimate of drug-likeness (QED) is 0.839. The molecule has 3 N–H and O–H groups in total. The largest absolute Gasteiger partial charge is 0.330 e. The number of aromatic amines is 1. The lowest BCUT2D eigenvalue weighted by molar-refractivity contribution is 0.515. The maximum Gasteiger partial charge on any atom is 0.330 e. The molecule has 0 bridgehead atoms. The van der Waals surface area contributed by atoms with Crippen molar-refractivity contribution in [2.75, 3.05) is 0 Å². The fourth-order valence-corrected chi connectivity index (χ4v) is 1.90. The second-order valence-electron chi connectivity index (χ2n) is 4.93. The Morgan fingerprint density at radius 1 is 1.35 bits per heavy atom. The highest BCUT2D eigenvalue weighted by Gasteiger charge is 2.15. The van der Waals surface area contributed by atoms with Gasteiger partial charge < -0.3 is 10.7 Å². The molecule has 0 aliphatic heterocycles. The molecule has 90 valence electrons. The van der Waals surface area contributed by atoms with Crippen molar-refractivity contribution >= 4 is 0 Å². The van der Waals surface area contributed by atoms with Crippen molar-refractivity contribution in [2.45, 2.75) is 25.8 Å². The van der Waals surface area contributed by atoms with E-state index in [1.165, 1.54) is 0 Å². The van der Waals surface area contributed by atoms with Gasteiger partial charge in [-0.15, -0.1) is 0 Å². The van der Waals surface area contributed by atoms with Crippen LogP contribution in [0.25, 0.3) is 5.69 Å². The molecule has 1 aromatic carbocycles. The smallest absolute Gasteiger partial charge is 0.325 e. The van der Waals surface area contributed by atoms with E-state index in [1.54, 1.807) is 17.0 Å². The molecule has 0 amide bonds. The van der Waals surface area contributed by atoms with E-state index < -0.39 is 0 Å². The summed E-state index contributed by atoms with van der Waals surface area (Å²) in [5.74, 6) is 0. The number of hydrogen-bond acceptors (Lipinski definition) is 2. The van der Waals surface area contributed by atoms with Gasteiger partial charge in [-0.1, -0.05) is 18.2 Å². The van der Waals surface area contributed by atoms with E-state index in [0.717, 1.165) is 17.7 Å². The average molecular weight is 231 g/mol. The molecule has 0 atom stereocenters. The maximum absolute atomic E-state index is 11.6. The van der Waals surface area contributed by atoms with E-state index in [0.29, 0.717) is 0 Å². The molecule has 2 aromatic rings. The molecule has 0 saturated carbocycles. The lowest BCUT2D eigenvalue weighted by Crippen LogP contribution is -2.35. The van der Waals surface area contributed by atoms with Crippen LogP contribution in [0.2, 0.25) is 0 Å². The van der Waals surface area contributed by atoms with E-state index >= 15 is 0 Å². The van der Waals surface area contributed by atoms with Crippen LogP contribution >= 0.6 is 0 Å². The Labute approximate surface area is 100 Å². The van der Waals surface area contributed by atoms with Crippen molar-refractivity contribution in [3.05, 3.63) is 52.7 Å². The molecule has 4 nitrogen and oxygen atoms in total. The normalized spacial score (nSPS) is 11.7. The highest BCUT2D eigenvalue weighted by molar-refractivity contribution is 5.41. The number of benzene rings is 1. The Morgan fingerprint density at radius 3 is 2.65 bits per heavy atom. The molecular formula is C13H17N3O. The van der Waals surface area contributed by atoms with Crippen LogP contribution in [0.15, 0.2) is 41.5 Å². The first-order valence-electron chi connectivity index (χ1n) is 5.60. The number of H-pyrrole nitrogens is 1. The first kappa shape index (κ1) is 11.7. The molecule has 4 heteroatoms. The number of nitrogens with one attached hydrogen (secondary N) is 1. The summed E-state index contributed by atoms with van der Waals surface area (Å²) in [6, 6.07) is 7.81. The molecule has 2 rings (SSSR count). The predicted molar refractivity (Wildman–Crippen MR) is 68.4 cm³/mol. The summed E-state index contributed by atoms with van der Waals surface area (Å²) in [6.45, 7) is 3.95. The predicted octanol–water partition coefficient (Wildman–Crippen LogP) is 1.45. The Morgan fingerprint density at radius 2 is 2.06 bits per heavy atom. The number of aromatic nitrogens is 2. The summed E-state index contributed by atoms with van der Waals surface area (Å²) in [7, 11) is 0. The van der Waals surface area contributed by atoms with Gasteiger partial charge in [-0.25, -0.2) is 4.79 Å². The van der Waals surface area contributed by atoms with Crippen LogP contribution in [0.5, 0.6) is 0 Å². The fourth-order valence-electron chi connectivity index (χ4n) is 1.90. The zero-order valence-electron chi connectivity index (χ0n) is 10.1. The second kappa shape index (κ2) is 4.22. The van der Waals surface area contributed by atoms with Gasteiger partial charge in [0.2, 0.25) is 0 Å². The van der Waals surface area contributed by atoms with E-state index in [9.17, 15) is 4.79 Å². The summed E-state index contributed by atoms with van der Waals surface area (Å²) >= 11 is 0. The van der Waals surface area contributed by atoms with E-state index in [-0.39, 0.29) is 11.2 Å². The van der Waals surface area contributed by atoms with Gasteiger partial charge >= 0.3 is 5.69 Å². The van der Waals surface area contributed by atoms with Crippen LogP contribution in [0, 0.1) is 0 Å². The summed E-state index contributed by atoms with van der Waals surface area (Å²) < 4.78 is 1.60. The van der Waals surface area contributed by atoms with Crippen molar-refractivity contribution in [3.8, 4) is 5.69 Å². The van der Waals surface area contributed by atoms with Crippen LogP contribution < -0.4 is 11.4 Å². The third kappa shape index (κ3) is 2.65. The number of hydrogen-bond donors (Lipinski definition) is 2. The summed E-state index contributed by atoms with van der Waals surface area (Å²) in [5, 5.41) is 0. The van der Waals surface area contributed by atoms with Crippen molar-refractivity contribution in [3.63, 3.8) is 0 Å². The lowest BCUT2D eigenvalue weighted by atomic mass is 9.95. The van der Waals surface area contributed by atoms with Gasteiger partial charge in [0.15, 0.2) is 0 Å². The highest BCUT2D eigenvalue weighted by atomic mass is 16.1. The SMILES string of the molecule is CC(C)(N)Cc1ccccc1-n1cc[nH]c1=O. The Hall–Kier alpha value is -1.81. The van der Waals surface area contributed by atoms with Crippen LogP contribution in [0.4, 0.5) is 0 Å². The minimum Gasteiger partial charge on any atom is -0.325 e. The summed E-state index contributed by atoms with van der Waals surface area (Å²) in [5.41, 5.74) is 7.56. The molecule has 0 fully saturated rings. The van der Waals surface area contributed by atoms with Crippen molar-refractivity contribution in [1.29, 1.82) is 0 Å². The molecule has 0 saturated heterocycles. The Kier molecular flexibility index (Phi) is 2.90. The van der Waals surface area contributed by atoms with Crippen LogP contribution in [0.1, 0.15) is 19.4 Å². The summed E-state index contributed by atoms with van der Waals surface area (Å²) in [6.07, 6.45) is 4.08. The zero-order valence-corrected chi connectivity index (χ0v) is 10.1. The number of nitrogens with two attached hydrogens (primary N) is 1. The van der Waals surface area contributed by atoms with Gasteiger partial charge in [0.25, 0.3) is 0 Å². The number of nitrogens with zero attached hydrogens (tertiary/aromatic N) is 1. The maximum atomic E-state index is 11.6. The molecular weight excluding hydrogens is 214 g/mol. The monoisotopic (exact) mass is 231 g/mol. The van der Waals surface area contributed by atoms with Gasteiger partial charge in [-0.2, -0.15) is 0 Å². The minimum absolute atomic E-state index is 0.132. The molecule has 17 heavy (non-hydrogen) atoms. The topological polar surface area (TPSA) is 63.8 Å². The standard InChI is InChI=1S/C13H17N3O/c1-13(2,14)9-10-5-3-4-6-11(10)16-8-7-15-12(16)17/h3-8H,9,14H2,1-2H3,(H,15,17). The zero-order chi connectivity index (χ0) is 12.5. The number of para-hydroxylation sites is 1. The van der Waals surface area contributed by atoms with Crippen LogP contribution in [-0.2, 0) is 6.42 Å². The van der Waals surface area contributed by atoms with Gasteiger partial charge in [0.05, 0.1) is 5.69 Å². The first-order valence-corrected chi connectivity index (χ1v) is 5.60. The summed E-state index contributed by atoms with van der Waals surface area (Å²) in [4.78, 5) is 14.2. The van der Waals surface area contributed by atoms with Gasteiger partial charge in [-0.05, 0) is 31.9 Å². The molecule has 0 unspecified atom stereocenters. The van der Waals surface area contributed by atoms with E-state index in [1.807, 2.05) is 38.1 Å². The van der Waals surface area contributed by atoms with E-state index in [4.69, 9.17) is 5.73 Å². The van der Waals surface area contributed by atoms with Gasteiger partial charge in [-0.3, -0.25) is 4.57 Å². The third-order valence-electron chi connectivity index (χ3n) is 2.55. The molecule has 0 aliphatic rings. The van der Waals surface area contributed by atoms with Crippen LogP contribution in [-0.4, -0.2) is 15.1 Å². The number of imidazole rings is 1. The number of rotatable bonds is 3. The fraction of sp³-hybridized carbons (Fsp3) is 0.308. The molecule has 1 heterocycles. The van der Waals surface area contributed by atoms with Crippen LogP contribution in [0.3, 0.4) is 0 Å². The minimum atomic E-state index is -0.296. The highest BCUT2D eigenvalue weighted by Crippen LogP contribution is 2.17. The second-order valence-corrected chi connectivity index (χ2v) is 4.93. The Bertz CT molecular complexity index is 560.